The van der Waals surface area contributed by atoms with E-state index in [0.717, 1.165) is 12.8 Å². The van der Waals surface area contributed by atoms with Gasteiger partial charge in [0, 0.05) is 17.6 Å². The van der Waals surface area contributed by atoms with Gasteiger partial charge in [0.25, 0.3) is 5.91 Å². The van der Waals surface area contributed by atoms with Gasteiger partial charge in [0.2, 0.25) is 0 Å². The van der Waals surface area contributed by atoms with Gasteiger partial charge in [-0.25, -0.2) is 0 Å². The monoisotopic (exact) mass is 248 g/mol. The van der Waals surface area contributed by atoms with Crippen LogP contribution in [0, 0.1) is 5.41 Å². The van der Waals surface area contributed by atoms with E-state index < -0.39 is 0 Å². The van der Waals surface area contributed by atoms with E-state index in [0.29, 0.717) is 23.7 Å². The molecule has 1 aromatic rings. The van der Waals surface area contributed by atoms with Crippen LogP contribution in [0.4, 0.5) is 11.4 Å². The first-order valence-electron chi connectivity index (χ1n) is 6.07. The molecule has 5 heteroatoms. The van der Waals surface area contributed by atoms with Gasteiger partial charge < -0.3 is 20.5 Å². The molecule has 96 valence electrons. The third-order valence-corrected chi connectivity index (χ3v) is 3.71. The smallest absolute Gasteiger partial charge is 0.265 e. The molecule has 1 saturated carbocycles. The Morgan fingerprint density at radius 1 is 1.44 bits per heavy atom. The number of ether oxygens (including phenoxy) is 1. The molecule has 1 aliphatic carbocycles. The minimum absolute atomic E-state index is 0.0540. The summed E-state index contributed by atoms with van der Waals surface area (Å²) in [7, 11) is 0. The summed E-state index contributed by atoms with van der Waals surface area (Å²) >= 11 is 0. The van der Waals surface area contributed by atoms with Gasteiger partial charge in [0.05, 0.1) is 12.3 Å². The minimum Gasteiger partial charge on any atom is -0.482 e. The molecule has 0 bridgehead atoms. The third kappa shape index (κ3) is 1.80. The van der Waals surface area contributed by atoms with Crippen molar-refractivity contribution in [1.82, 2.24) is 0 Å². The second-order valence-corrected chi connectivity index (χ2v) is 5.15. The summed E-state index contributed by atoms with van der Waals surface area (Å²) < 4.78 is 5.38. The summed E-state index contributed by atoms with van der Waals surface area (Å²) in [5.74, 6) is 0.602. The Labute approximate surface area is 105 Å². The highest BCUT2D eigenvalue weighted by atomic mass is 16.5. The van der Waals surface area contributed by atoms with Gasteiger partial charge in [0.1, 0.15) is 5.75 Å². The Morgan fingerprint density at radius 3 is 2.89 bits per heavy atom. The molecule has 0 spiro atoms. The fourth-order valence-corrected chi connectivity index (χ4v) is 2.27. The number of nitrogens with two attached hydrogens (primary N) is 1. The predicted molar refractivity (Wildman–Crippen MR) is 67.5 cm³/mol. The predicted octanol–water partition coefficient (Wildman–Crippen LogP) is 0.767. The fraction of sp³-hybridized carbons (Fsp3) is 0.462. The number of hydrogen-bond acceptors (Lipinski definition) is 4. The van der Waals surface area contributed by atoms with Crippen LogP contribution in [0.5, 0.6) is 5.75 Å². The van der Waals surface area contributed by atoms with Crippen molar-refractivity contribution in [2.45, 2.75) is 12.8 Å². The SMILES string of the molecule is Nc1ccc2c(c1)N(CC1(CO)CC1)C(=O)CO2. The zero-order valence-electron chi connectivity index (χ0n) is 10.1. The number of anilines is 2. The highest BCUT2D eigenvalue weighted by molar-refractivity contribution is 5.98. The molecule has 0 saturated heterocycles. The first-order chi connectivity index (χ1) is 8.63. The van der Waals surface area contributed by atoms with Crippen LogP contribution in [0.15, 0.2) is 18.2 Å². The van der Waals surface area contributed by atoms with Crippen LogP contribution in [0.1, 0.15) is 12.8 Å². The number of aliphatic hydroxyl groups excluding tert-OH is 1. The van der Waals surface area contributed by atoms with E-state index in [2.05, 4.69) is 0 Å². The van der Waals surface area contributed by atoms with Crippen LogP contribution in [-0.2, 0) is 4.79 Å². The van der Waals surface area contributed by atoms with Crippen molar-refractivity contribution in [2.75, 3.05) is 30.4 Å². The molecule has 3 N–H and O–H groups in total. The van der Waals surface area contributed by atoms with Crippen molar-refractivity contribution >= 4 is 17.3 Å². The second kappa shape index (κ2) is 3.88. The average Bonchev–Trinajstić information content (AvgIpc) is 3.14. The number of carbonyl (C=O) groups excluding carboxylic acids is 1. The number of carbonyl (C=O) groups is 1. The molecule has 1 aliphatic heterocycles. The summed E-state index contributed by atoms with van der Waals surface area (Å²) in [5, 5.41) is 9.38. The summed E-state index contributed by atoms with van der Waals surface area (Å²) in [4.78, 5) is 13.7. The lowest BCUT2D eigenvalue weighted by Crippen LogP contribution is -2.43. The first-order valence-corrected chi connectivity index (χ1v) is 6.07. The zero-order chi connectivity index (χ0) is 12.8. The zero-order valence-corrected chi connectivity index (χ0v) is 10.1. The number of nitrogens with zero attached hydrogens (tertiary/aromatic N) is 1. The van der Waals surface area contributed by atoms with E-state index in [4.69, 9.17) is 10.5 Å². The summed E-state index contributed by atoms with van der Waals surface area (Å²) in [6, 6.07) is 5.29. The van der Waals surface area contributed by atoms with E-state index in [9.17, 15) is 9.90 Å². The highest BCUT2D eigenvalue weighted by Crippen LogP contribution is 2.47. The van der Waals surface area contributed by atoms with Crippen molar-refractivity contribution in [3.63, 3.8) is 0 Å². The Morgan fingerprint density at radius 2 is 2.22 bits per heavy atom. The van der Waals surface area contributed by atoms with E-state index in [1.54, 1.807) is 23.1 Å². The number of fused-ring (bicyclic) bond motifs is 1. The highest BCUT2D eigenvalue weighted by Gasteiger charge is 2.45. The Bertz CT molecular complexity index is 497. The second-order valence-electron chi connectivity index (χ2n) is 5.15. The topological polar surface area (TPSA) is 75.8 Å². The molecule has 18 heavy (non-hydrogen) atoms. The minimum atomic E-state index is -0.116. The van der Waals surface area contributed by atoms with Crippen LogP contribution >= 0.6 is 0 Å². The lowest BCUT2D eigenvalue weighted by Gasteiger charge is -2.32. The molecule has 2 aliphatic rings. The van der Waals surface area contributed by atoms with Crippen molar-refractivity contribution in [1.29, 1.82) is 0 Å². The van der Waals surface area contributed by atoms with Gasteiger partial charge in [-0.15, -0.1) is 0 Å². The number of hydrogen-bond donors (Lipinski definition) is 2. The maximum atomic E-state index is 12.0. The number of rotatable bonds is 3. The number of aliphatic hydroxyl groups is 1. The normalized spacial score (nSPS) is 20.3. The molecule has 3 rings (SSSR count). The van der Waals surface area contributed by atoms with Crippen molar-refractivity contribution in [2.24, 2.45) is 5.41 Å². The van der Waals surface area contributed by atoms with E-state index >= 15 is 0 Å². The molecule has 0 radical (unpaired) electrons. The Balaban J connectivity index is 1.93. The molecule has 0 unspecified atom stereocenters. The third-order valence-electron chi connectivity index (χ3n) is 3.71. The van der Waals surface area contributed by atoms with Crippen LogP contribution in [0.2, 0.25) is 0 Å². The largest absolute Gasteiger partial charge is 0.482 e. The molecular weight excluding hydrogens is 232 g/mol. The van der Waals surface area contributed by atoms with Gasteiger partial charge in [-0.1, -0.05) is 0 Å². The molecule has 1 heterocycles. The number of amides is 1. The number of benzene rings is 1. The van der Waals surface area contributed by atoms with Gasteiger partial charge >= 0.3 is 0 Å². The molecule has 0 aromatic heterocycles. The molecule has 1 fully saturated rings. The van der Waals surface area contributed by atoms with Gasteiger partial charge in [-0.05, 0) is 31.0 Å². The molecular formula is C13H16N2O3. The van der Waals surface area contributed by atoms with Crippen molar-refractivity contribution < 1.29 is 14.6 Å². The fourth-order valence-electron chi connectivity index (χ4n) is 2.27. The van der Waals surface area contributed by atoms with Crippen molar-refractivity contribution in [3.8, 4) is 5.75 Å². The number of nitrogen functional groups attached to an aromatic ring is 1. The first kappa shape index (κ1) is 11.3. The lowest BCUT2D eigenvalue weighted by molar-refractivity contribution is -0.121. The Kier molecular flexibility index (Phi) is 2.45. The molecule has 0 atom stereocenters. The Hall–Kier alpha value is -1.75. The van der Waals surface area contributed by atoms with Gasteiger partial charge in [0.15, 0.2) is 6.61 Å². The summed E-state index contributed by atoms with van der Waals surface area (Å²) in [6.07, 6.45) is 1.93. The molecule has 1 amide bonds. The quantitative estimate of drug-likeness (QED) is 0.775. The van der Waals surface area contributed by atoms with Crippen LogP contribution in [-0.4, -0.2) is 30.8 Å². The average molecular weight is 248 g/mol. The van der Waals surface area contributed by atoms with E-state index in [1.807, 2.05) is 0 Å². The van der Waals surface area contributed by atoms with Crippen molar-refractivity contribution in [3.05, 3.63) is 18.2 Å². The van der Waals surface area contributed by atoms with Gasteiger partial charge in [-0.2, -0.15) is 0 Å². The van der Waals surface area contributed by atoms with Crippen LogP contribution in [0.25, 0.3) is 0 Å². The van der Waals surface area contributed by atoms with E-state index in [-0.39, 0.29) is 24.5 Å². The van der Waals surface area contributed by atoms with Crippen LogP contribution < -0.4 is 15.4 Å². The standard InChI is InChI=1S/C13H16N2O3/c14-9-1-2-11-10(5-9)15(12(17)6-18-11)7-13(8-16)3-4-13/h1-2,5,16H,3-4,6-8,14H2. The molecule has 1 aromatic carbocycles. The summed E-state index contributed by atoms with van der Waals surface area (Å²) in [6.45, 7) is 0.718. The maximum absolute atomic E-state index is 12.0. The maximum Gasteiger partial charge on any atom is 0.265 e. The summed E-state index contributed by atoms with van der Waals surface area (Å²) in [5.41, 5.74) is 6.96. The van der Waals surface area contributed by atoms with Gasteiger partial charge in [-0.3, -0.25) is 4.79 Å². The van der Waals surface area contributed by atoms with Crippen LogP contribution in [0.3, 0.4) is 0 Å². The van der Waals surface area contributed by atoms with E-state index in [1.165, 1.54) is 0 Å². The molecule has 5 nitrogen and oxygen atoms in total. The lowest BCUT2D eigenvalue weighted by atomic mass is 10.1.